The van der Waals surface area contributed by atoms with Crippen LogP contribution in [0.15, 0.2) is 24.7 Å². The molecule has 0 aromatic carbocycles. The van der Waals surface area contributed by atoms with Gasteiger partial charge in [-0.15, -0.1) is 5.10 Å². The molecule has 1 amide bonds. The van der Waals surface area contributed by atoms with E-state index in [0.29, 0.717) is 19.8 Å². The molecule has 2 aliphatic rings. The number of pyridine rings is 1. The van der Waals surface area contributed by atoms with Crippen molar-refractivity contribution in [2.45, 2.75) is 24.4 Å². The molecule has 0 bridgehead atoms. The zero-order valence-electron chi connectivity index (χ0n) is 20.9. The van der Waals surface area contributed by atoms with Crippen LogP contribution in [0.4, 0.5) is 23.5 Å². The van der Waals surface area contributed by atoms with Crippen LogP contribution in [0.5, 0.6) is 5.88 Å². The van der Waals surface area contributed by atoms with Crippen LogP contribution in [0, 0.1) is 11.6 Å². The first-order valence-corrected chi connectivity index (χ1v) is 12.2. The van der Waals surface area contributed by atoms with E-state index in [4.69, 9.17) is 9.47 Å². The maximum atomic E-state index is 15.3. The lowest BCUT2D eigenvalue weighted by molar-refractivity contribution is -0.131. The summed E-state index contributed by atoms with van der Waals surface area (Å²) >= 11 is 0. The fourth-order valence-corrected chi connectivity index (χ4v) is 5.02. The van der Waals surface area contributed by atoms with Gasteiger partial charge in [-0.25, -0.2) is 27.1 Å². The van der Waals surface area contributed by atoms with Gasteiger partial charge in [-0.1, -0.05) is 0 Å². The van der Waals surface area contributed by atoms with Gasteiger partial charge in [0.05, 0.1) is 56.9 Å². The van der Waals surface area contributed by atoms with E-state index >= 15 is 4.39 Å². The zero-order chi connectivity index (χ0) is 27.5. The summed E-state index contributed by atoms with van der Waals surface area (Å²) in [6.45, 7) is 0.902. The van der Waals surface area contributed by atoms with E-state index in [-0.39, 0.29) is 52.3 Å². The van der Waals surface area contributed by atoms with Crippen molar-refractivity contribution < 1.29 is 31.8 Å². The summed E-state index contributed by atoms with van der Waals surface area (Å²) in [6.07, 6.45) is 3.72. The molecule has 15 heteroatoms. The Morgan fingerprint density at radius 3 is 2.69 bits per heavy atom. The molecule has 11 nitrogen and oxygen atoms in total. The first-order valence-electron chi connectivity index (χ1n) is 12.2. The van der Waals surface area contributed by atoms with Crippen molar-refractivity contribution in [3.63, 3.8) is 0 Å². The fraction of sp³-hybridized carbons (Fsp3) is 0.417. The van der Waals surface area contributed by atoms with E-state index in [0.717, 1.165) is 16.8 Å². The van der Waals surface area contributed by atoms with Crippen LogP contribution in [-0.2, 0) is 4.74 Å². The number of fused-ring (bicyclic) bond motifs is 2. The highest BCUT2D eigenvalue weighted by molar-refractivity contribution is 5.93. The van der Waals surface area contributed by atoms with Crippen LogP contribution in [0.25, 0.3) is 22.3 Å². The molecule has 2 saturated heterocycles. The minimum Gasteiger partial charge on any atom is -0.479 e. The Balaban J connectivity index is 1.37. The van der Waals surface area contributed by atoms with Crippen LogP contribution in [0.2, 0.25) is 0 Å². The van der Waals surface area contributed by atoms with Gasteiger partial charge in [0.2, 0.25) is 11.8 Å². The third-order valence-electron chi connectivity index (χ3n) is 7.12. The van der Waals surface area contributed by atoms with Gasteiger partial charge < -0.3 is 20.1 Å². The zero-order valence-corrected chi connectivity index (χ0v) is 20.9. The molecule has 4 aromatic rings. The van der Waals surface area contributed by atoms with Crippen LogP contribution >= 0.6 is 0 Å². The second-order valence-electron chi connectivity index (χ2n) is 9.49. The molecule has 2 aliphatic heterocycles. The minimum atomic E-state index is -3.08. The summed E-state index contributed by atoms with van der Waals surface area (Å²) in [5.74, 6) is -5.46. The second-order valence-corrected chi connectivity index (χ2v) is 9.49. The summed E-state index contributed by atoms with van der Waals surface area (Å²) in [7, 11) is 2.71. The molecule has 2 N–H and O–H groups in total. The number of carbonyl (C=O) groups is 1. The number of nitrogens with one attached hydrogen (secondary N) is 2. The van der Waals surface area contributed by atoms with Crippen LogP contribution < -0.4 is 15.4 Å². The number of carbonyl (C=O) groups excluding carboxylic acids is 1. The number of nitrogens with zero attached hydrogens (tertiary/aromatic N) is 6. The number of hydrogen-bond acceptors (Lipinski definition) is 8. The maximum Gasteiger partial charge on any atom is 0.280 e. The lowest BCUT2D eigenvalue weighted by Gasteiger charge is -2.44. The number of likely N-dealkylation sites (tertiary alicyclic amines) is 1. The molecule has 0 spiro atoms. The van der Waals surface area contributed by atoms with Crippen LogP contribution in [-0.4, -0.2) is 93.3 Å². The summed E-state index contributed by atoms with van der Waals surface area (Å²) in [5.41, 5.74) is -0.0642. The fourth-order valence-electron chi connectivity index (χ4n) is 5.02. The van der Waals surface area contributed by atoms with Gasteiger partial charge in [0, 0.05) is 25.4 Å². The quantitative estimate of drug-likeness (QED) is 0.353. The van der Waals surface area contributed by atoms with Crippen molar-refractivity contribution in [3.05, 3.63) is 42.0 Å². The van der Waals surface area contributed by atoms with E-state index in [1.165, 1.54) is 31.0 Å². The molecule has 1 atom stereocenters. The number of methoxy groups -OCH3 is 1. The highest BCUT2D eigenvalue weighted by Crippen LogP contribution is 2.36. The average Bonchev–Trinajstić information content (AvgIpc) is 3.44. The van der Waals surface area contributed by atoms with Crippen molar-refractivity contribution in [2.24, 2.45) is 0 Å². The van der Waals surface area contributed by atoms with E-state index in [9.17, 15) is 18.0 Å². The Kier molecular flexibility index (Phi) is 6.06. The molecular formula is C24H24F4N8O3. The first-order chi connectivity index (χ1) is 18.7. The highest BCUT2D eigenvalue weighted by atomic mass is 19.3. The first kappa shape index (κ1) is 25.3. The van der Waals surface area contributed by atoms with E-state index < -0.39 is 36.1 Å². The van der Waals surface area contributed by atoms with Gasteiger partial charge in [0.25, 0.3) is 11.8 Å². The molecule has 39 heavy (non-hydrogen) atoms. The summed E-state index contributed by atoms with van der Waals surface area (Å²) < 4.78 is 73.1. The van der Waals surface area contributed by atoms with Crippen LogP contribution in [0.3, 0.4) is 0 Å². The topological polar surface area (TPSA) is 110 Å². The van der Waals surface area contributed by atoms with Gasteiger partial charge in [-0.3, -0.25) is 14.1 Å². The molecular weight excluding hydrogens is 524 g/mol. The number of amides is 1. The Labute approximate surface area is 218 Å². The lowest BCUT2D eigenvalue weighted by atomic mass is 9.98. The number of hydrogen-bond donors (Lipinski definition) is 2. The summed E-state index contributed by atoms with van der Waals surface area (Å²) in [6, 6.07) is -0.191. The van der Waals surface area contributed by atoms with Gasteiger partial charge in [-0.05, 0) is 12.5 Å². The molecule has 0 radical (unpaired) electrons. The summed E-state index contributed by atoms with van der Waals surface area (Å²) in [5, 5.41) is 9.33. The molecule has 6 rings (SSSR count). The Bertz CT molecular complexity index is 1580. The van der Waals surface area contributed by atoms with Gasteiger partial charge in [-0.2, -0.15) is 4.98 Å². The number of imidazole rings is 1. The molecule has 0 unspecified atom stereocenters. The third-order valence-corrected chi connectivity index (χ3v) is 7.12. The monoisotopic (exact) mass is 548 g/mol. The molecule has 2 fully saturated rings. The largest absolute Gasteiger partial charge is 0.479 e. The average molecular weight is 549 g/mol. The standard InChI is InChI=1S/C24H24F4N8O3/c1-29-21(37)16-6-30-20-14(25)5-12(7-35(16)20)18-15(26)8-36-19(18)22(38-2)32-23(33-36)31-17-3-4-34(11-24(17,27)28)13-9-39-10-13/h5-8,13,17H,3-4,9-11H2,1-2H3,(H,29,37)(H,31,33)/t17-/m1/s1. The Morgan fingerprint density at radius 1 is 1.23 bits per heavy atom. The molecule has 0 saturated carbocycles. The number of ether oxygens (including phenoxy) is 2. The smallest absolute Gasteiger partial charge is 0.280 e. The number of rotatable bonds is 6. The normalized spacial score (nSPS) is 19.8. The van der Waals surface area contributed by atoms with Crippen LogP contribution in [0.1, 0.15) is 16.9 Å². The predicted molar refractivity (Wildman–Crippen MR) is 130 cm³/mol. The molecule has 4 aromatic heterocycles. The van der Waals surface area contributed by atoms with Gasteiger partial charge >= 0.3 is 0 Å². The van der Waals surface area contributed by atoms with E-state index in [2.05, 4.69) is 25.7 Å². The highest BCUT2D eigenvalue weighted by Gasteiger charge is 2.47. The predicted octanol–water partition coefficient (Wildman–Crippen LogP) is 2.21. The maximum absolute atomic E-state index is 15.3. The number of aromatic nitrogens is 5. The Morgan fingerprint density at radius 2 is 2.03 bits per heavy atom. The number of anilines is 1. The minimum absolute atomic E-state index is 0.00963. The lowest BCUT2D eigenvalue weighted by Crippen LogP contribution is -2.61. The van der Waals surface area contributed by atoms with Gasteiger partial charge in [0.1, 0.15) is 11.2 Å². The summed E-state index contributed by atoms with van der Waals surface area (Å²) in [4.78, 5) is 22.1. The molecule has 6 heterocycles. The van der Waals surface area contributed by atoms with Crippen molar-refractivity contribution in [1.29, 1.82) is 0 Å². The third kappa shape index (κ3) is 4.21. The SMILES string of the molecule is CNC(=O)c1cnc2c(F)cc(-c3c(F)cn4nc(N[C@@H]5CCN(C6COC6)CC5(F)F)nc(OC)c34)cn12. The van der Waals surface area contributed by atoms with E-state index in [1.807, 2.05) is 0 Å². The number of piperidine rings is 1. The molecule has 206 valence electrons. The van der Waals surface area contributed by atoms with Gasteiger partial charge in [0.15, 0.2) is 17.3 Å². The van der Waals surface area contributed by atoms with Crippen molar-refractivity contribution in [3.8, 4) is 17.0 Å². The Hall–Kier alpha value is -3.98. The van der Waals surface area contributed by atoms with Crippen molar-refractivity contribution in [1.82, 2.24) is 34.2 Å². The van der Waals surface area contributed by atoms with Crippen molar-refractivity contribution in [2.75, 3.05) is 45.8 Å². The number of alkyl halides is 2. The van der Waals surface area contributed by atoms with E-state index in [1.54, 1.807) is 4.90 Å². The molecule has 0 aliphatic carbocycles. The number of halogens is 4. The van der Waals surface area contributed by atoms with Crippen molar-refractivity contribution >= 4 is 23.0 Å². The second kappa shape index (κ2) is 9.34.